The van der Waals surface area contributed by atoms with Crippen LogP contribution in [0.15, 0.2) is 35.6 Å². The van der Waals surface area contributed by atoms with Crippen LogP contribution in [0.2, 0.25) is 5.02 Å². The first-order valence-corrected chi connectivity index (χ1v) is 12.1. The van der Waals surface area contributed by atoms with Gasteiger partial charge in [-0.15, -0.1) is 11.3 Å². The van der Waals surface area contributed by atoms with Crippen LogP contribution in [-0.2, 0) is 18.6 Å². The summed E-state index contributed by atoms with van der Waals surface area (Å²) in [5.41, 5.74) is 9.42. The molecule has 0 bridgehead atoms. The summed E-state index contributed by atoms with van der Waals surface area (Å²) >= 11 is 9.06. The largest absolute Gasteiger partial charge is 0.365 e. The molecular weight excluding hydrogens is 452 g/mol. The third kappa shape index (κ3) is 4.76. The number of fused-ring (bicyclic) bond motifs is 1. The Balaban J connectivity index is 1.55. The summed E-state index contributed by atoms with van der Waals surface area (Å²) in [5, 5.41) is 3.89. The molecule has 1 aliphatic carbocycles. The van der Waals surface area contributed by atoms with Crippen LogP contribution in [0.3, 0.4) is 0 Å². The lowest BCUT2D eigenvalue weighted by Crippen LogP contribution is -2.19. The van der Waals surface area contributed by atoms with Gasteiger partial charge in [0.05, 0.1) is 16.8 Å². The number of carbonyl (C=O) groups is 2. The van der Waals surface area contributed by atoms with E-state index >= 15 is 0 Å². The fourth-order valence-electron chi connectivity index (χ4n) is 3.57. The molecule has 160 valence electrons. The van der Waals surface area contributed by atoms with Crippen molar-refractivity contribution < 1.29 is 9.59 Å². The molecule has 31 heavy (non-hydrogen) atoms. The number of thiophene rings is 1. The monoisotopic (exact) mass is 472 g/mol. The Morgan fingerprint density at radius 3 is 2.81 bits per heavy atom. The lowest BCUT2D eigenvalue weighted by Gasteiger charge is -2.11. The van der Waals surface area contributed by atoms with Gasteiger partial charge >= 0.3 is 0 Å². The second kappa shape index (κ2) is 9.38. The van der Waals surface area contributed by atoms with Crippen LogP contribution in [0.5, 0.6) is 0 Å². The standard InChI is InChI=1S/C22H21ClN4O2S2/c1-12-6-2-3-7-13(12)11-30-22-25-10-15(23)18(26-22)20(29)27-21-17(19(24)28)14-8-4-5-9-16(14)31-21/h2-3,6-7,10H,4-5,8-9,11H2,1H3,(H2,24,28)(H,27,29). The van der Waals surface area contributed by atoms with Crippen molar-refractivity contribution in [2.24, 2.45) is 5.73 Å². The Kier molecular flexibility index (Phi) is 6.60. The lowest BCUT2D eigenvalue weighted by molar-refractivity contribution is 0.100. The molecule has 3 N–H and O–H groups in total. The number of nitrogens with two attached hydrogens (primary N) is 1. The number of aryl methyl sites for hydroxylation is 2. The molecule has 1 aromatic carbocycles. The molecule has 2 amide bonds. The van der Waals surface area contributed by atoms with E-state index in [2.05, 4.69) is 34.3 Å². The number of thioether (sulfide) groups is 1. The third-order valence-corrected chi connectivity index (χ3v) is 7.59. The fourth-order valence-corrected chi connectivity index (χ4v) is 5.93. The van der Waals surface area contributed by atoms with Gasteiger partial charge in [-0.05, 0) is 49.3 Å². The van der Waals surface area contributed by atoms with Crippen LogP contribution in [0.4, 0.5) is 5.00 Å². The molecule has 9 heteroatoms. The van der Waals surface area contributed by atoms with E-state index in [0.29, 0.717) is 21.5 Å². The number of amides is 2. The summed E-state index contributed by atoms with van der Waals surface area (Å²) in [5.74, 6) is -0.331. The van der Waals surface area contributed by atoms with Crippen molar-refractivity contribution in [1.82, 2.24) is 9.97 Å². The van der Waals surface area contributed by atoms with Gasteiger partial charge in [-0.25, -0.2) is 9.97 Å². The summed E-state index contributed by atoms with van der Waals surface area (Å²) in [6, 6.07) is 8.08. The van der Waals surface area contributed by atoms with E-state index in [9.17, 15) is 9.59 Å². The topological polar surface area (TPSA) is 98.0 Å². The number of nitrogens with one attached hydrogen (secondary N) is 1. The number of nitrogens with zero attached hydrogens (tertiary/aromatic N) is 2. The number of primary amides is 1. The van der Waals surface area contributed by atoms with Crippen molar-refractivity contribution in [2.75, 3.05) is 5.32 Å². The Hall–Kier alpha value is -2.42. The highest BCUT2D eigenvalue weighted by Gasteiger charge is 2.26. The van der Waals surface area contributed by atoms with E-state index in [1.165, 1.54) is 40.4 Å². The molecule has 0 saturated carbocycles. The van der Waals surface area contributed by atoms with Gasteiger partial charge < -0.3 is 11.1 Å². The van der Waals surface area contributed by atoms with E-state index in [1.54, 1.807) is 0 Å². The van der Waals surface area contributed by atoms with Crippen molar-refractivity contribution in [3.05, 3.63) is 68.3 Å². The maximum absolute atomic E-state index is 13.0. The lowest BCUT2D eigenvalue weighted by atomic mass is 9.95. The molecule has 0 saturated heterocycles. The highest BCUT2D eigenvalue weighted by atomic mass is 35.5. The van der Waals surface area contributed by atoms with Crippen LogP contribution in [0.1, 0.15) is 55.3 Å². The van der Waals surface area contributed by atoms with Gasteiger partial charge in [0.15, 0.2) is 10.9 Å². The molecule has 4 rings (SSSR count). The number of anilines is 1. The number of carbonyl (C=O) groups excluding carboxylic acids is 2. The maximum atomic E-state index is 13.0. The van der Waals surface area contributed by atoms with Gasteiger partial charge in [0.1, 0.15) is 5.00 Å². The molecule has 3 aromatic rings. The van der Waals surface area contributed by atoms with Crippen LogP contribution in [-0.4, -0.2) is 21.8 Å². The fraction of sp³-hybridized carbons (Fsp3) is 0.273. The first-order chi connectivity index (χ1) is 14.9. The molecular formula is C22H21ClN4O2S2. The summed E-state index contributed by atoms with van der Waals surface area (Å²) in [7, 11) is 0. The average Bonchev–Trinajstić information content (AvgIpc) is 3.12. The minimum atomic E-state index is -0.530. The molecule has 2 aromatic heterocycles. The highest BCUT2D eigenvalue weighted by Crippen LogP contribution is 2.38. The summed E-state index contributed by atoms with van der Waals surface area (Å²) in [4.78, 5) is 34.7. The quantitative estimate of drug-likeness (QED) is 0.387. The third-order valence-electron chi connectivity index (χ3n) is 5.20. The van der Waals surface area contributed by atoms with Gasteiger partial charge in [0.25, 0.3) is 11.8 Å². The average molecular weight is 473 g/mol. The van der Waals surface area contributed by atoms with Crippen molar-refractivity contribution in [2.45, 2.75) is 43.5 Å². The smallest absolute Gasteiger partial charge is 0.276 e. The minimum absolute atomic E-state index is 0.0748. The molecule has 2 heterocycles. The van der Waals surface area contributed by atoms with Crippen molar-refractivity contribution in [3.63, 3.8) is 0 Å². The first kappa shape index (κ1) is 21.8. The van der Waals surface area contributed by atoms with Crippen molar-refractivity contribution in [1.29, 1.82) is 0 Å². The second-order valence-electron chi connectivity index (χ2n) is 7.30. The van der Waals surface area contributed by atoms with Crippen LogP contribution in [0.25, 0.3) is 0 Å². The minimum Gasteiger partial charge on any atom is -0.365 e. The van der Waals surface area contributed by atoms with E-state index < -0.39 is 11.8 Å². The van der Waals surface area contributed by atoms with Gasteiger partial charge in [-0.2, -0.15) is 0 Å². The van der Waals surface area contributed by atoms with Crippen LogP contribution in [0, 0.1) is 6.92 Å². The molecule has 6 nitrogen and oxygen atoms in total. The zero-order chi connectivity index (χ0) is 22.0. The molecule has 0 unspecified atom stereocenters. The maximum Gasteiger partial charge on any atom is 0.276 e. The van der Waals surface area contributed by atoms with E-state index in [4.69, 9.17) is 17.3 Å². The van der Waals surface area contributed by atoms with Crippen molar-refractivity contribution >= 4 is 51.5 Å². The van der Waals surface area contributed by atoms with Gasteiger partial charge in [-0.3, -0.25) is 9.59 Å². The van der Waals surface area contributed by atoms with E-state index in [-0.39, 0.29) is 10.7 Å². The predicted molar refractivity (Wildman–Crippen MR) is 125 cm³/mol. The Morgan fingerprint density at radius 2 is 2.03 bits per heavy atom. The van der Waals surface area contributed by atoms with E-state index in [0.717, 1.165) is 36.1 Å². The summed E-state index contributed by atoms with van der Waals surface area (Å²) in [6.07, 6.45) is 5.20. The van der Waals surface area contributed by atoms with Crippen LogP contribution < -0.4 is 11.1 Å². The number of hydrogen-bond acceptors (Lipinski definition) is 6. The summed E-state index contributed by atoms with van der Waals surface area (Å²) in [6.45, 7) is 2.05. The van der Waals surface area contributed by atoms with Gasteiger partial charge in [0, 0.05) is 10.6 Å². The molecule has 1 aliphatic rings. The number of hydrogen-bond donors (Lipinski definition) is 2. The SMILES string of the molecule is Cc1ccccc1CSc1ncc(Cl)c(C(=O)Nc2sc3c(c2C(N)=O)CCCC3)n1. The molecule has 0 aliphatic heterocycles. The summed E-state index contributed by atoms with van der Waals surface area (Å²) < 4.78 is 0. The normalized spacial score (nSPS) is 13.0. The zero-order valence-corrected chi connectivity index (χ0v) is 19.3. The Morgan fingerprint density at radius 1 is 1.26 bits per heavy atom. The van der Waals surface area contributed by atoms with Crippen molar-refractivity contribution in [3.8, 4) is 0 Å². The van der Waals surface area contributed by atoms with Gasteiger partial charge in [0.2, 0.25) is 0 Å². The Labute approximate surface area is 193 Å². The highest BCUT2D eigenvalue weighted by molar-refractivity contribution is 7.98. The molecule has 0 radical (unpaired) electrons. The molecule has 0 spiro atoms. The van der Waals surface area contributed by atoms with Gasteiger partial charge in [-0.1, -0.05) is 47.6 Å². The molecule has 0 atom stereocenters. The first-order valence-electron chi connectivity index (χ1n) is 9.89. The Bertz CT molecular complexity index is 1160. The second-order valence-corrected chi connectivity index (χ2v) is 9.75. The number of aromatic nitrogens is 2. The molecule has 0 fully saturated rings. The zero-order valence-electron chi connectivity index (χ0n) is 16.9. The number of halogens is 1. The van der Waals surface area contributed by atoms with E-state index in [1.807, 2.05) is 12.1 Å². The number of benzene rings is 1. The predicted octanol–water partition coefficient (Wildman–Crippen LogP) is 5.02. The van der Waals surface area contributed by atoms with Crippen LogP contribution >= 0.6 is 34.7 Å². The number of rotatable bonds is 6.